The average Bonchev–Trinajstić information content (AvgIpc) is 3.12. The van der Waals surface area contributed by atoms with Crippen molar-refractivity contribution in [2.24, 2.45) is 10.8 Å². The number of hydrogen-bond donors (Lipinski definition) is 2. The molecule has 2 fully saturated rings. The van der Waals surface area contributed by atoms with Crippen molar-refractivity contribution in [1.29, 1.82) is 0 Å². The second-order valence-corrected chi connectivity index (χ2v) is 10.9. The van der Waals surface area contributed by atoms with Gasteiger partial charge in [-0.3, -0.25) is 0 Å². The summed E-state index contributed by atoms with van der Waals surface area (Å²) in [6, 6.07) is 6.77. The van der Waals surface area contributed by atoms with Crippen LogP contribution in [0.15, 0.2) is 24.5 Å². The van der Waals surface area contributed by atoms with Crippen LogP contribution >= 0.6 is 11.3 Å². The van der Waals surface area contributed by atoms with Gasteiger partial charge in [0.25, 0.3) is 0 Å². The van der Waals surface area contributed by atoms with Crippen LogP contribution < -0.4 is 16.0 Å². The molecule has 3 heterocycles. The summed E-state index contributed by atoms with van der Waals surface area (Å²) < 4.78 is 1.16. The van der Waals surface area contributed by atoms with E-state index in [0.717, 1.165) is 27.7 Å². The average molecular weight is 409 g/mol. The van der Waals surface area contributed by atoms with Gasteiger partial charge in [0.2, 0.25) is 0 Å². The number of nitrogens with zero attached hydrogens (tertiary/aromatic N) is 4. The number of aryl methyl sites for hydroxylation is 1. The molecule has 1 saturated heterocycles. The molecule has 7 heteroatoms. The SMILES string of the molecule is Cc1ccc2nc(Nc3ncnc(N4CC5(C)CC4CC(C)(C)C5)c3N)sc2c1. The second-order valence-electron chi connectivity index (χ2n) is 9.92. The first-order valence-electron chi connectivity index (χ1n) is 10.2. The van der Waals surface area contributed by atoms with Crippen molar-refractivity contribution < 1.29 is 0 Å². The molecule has 2 aliphatic rings. The second kappa shape index (κ2) is 6.29. The zero-order chi connectivity index (χ0) is 20.4. The van der Waals surface area contributed by atoms with Crippen molar-refractivity contribution in [2.45, 2.75) is 53.0 Å². The predicted octanol–water partition coefficient (Wildman–Crippen LogP) is 5.13. The van der Waals surface area contributed by atoms with Crippen molar-refractivity contribution in [1.82, 2.24) is 15.0 Å². The van der Waals surface area contributed by atoms with Crippen LogP contribution in [-0.2, 0) is 0 Å². The van der Waals surface area contributed by atoms with E-state index in [1.165, 1.54) is 24.8 Å². The van der Waals surface area contributed by atoms with E-state index < -0.39 is 0 Å². The molecule has 2 aromatic heterocycles. The fourth-order valence-electron chi connectivity index (χ4n) is 5.61. The quantitative estimate of drug-likeness (QED) is 0.626. The zero-order valence-electron chi connectivity index (χ0n) is 17.5. The van der Waals surface area contributed by atoms with Gasteiger partial charge >= 0.3 is 0 Å². The maximum atomic E-state index is 6.57. The molecule has 5 rings (SSSR count). The van der Waals surface area contributed by atoms with Crippen LogP contribution in [0.3, 0.4) is 0 Å². The van der Waals surface area contributed by atoms with E-state index in [2.05, 4.69) is 65.0 Å². The first-order chi connectivity index (χ1) is 13.7. The van der Waals surface area contributed by atoms with Crippen LogP contribution in [0.25, 0.3) is 10.2 Å². The molecule has 0 amide bonds. The van der Waals surface area contributed by atoms with Crippen LogP contribution in [0.4, 0.5) is 22.5 Å². The van der Waals surface area contributed by atoms with Crippen LogP contribution in [0.2, 0.25) is 0 Å². The molecular weight excluding hydrogens is 380 g/mol. The minimum atomic E-state index is 0.322. The van der Waals surface area contributed by atoms with E-state index in [4.69, 9.17) is 5.73 Å². The Labute approximate surface area is 175 Å². The van der Waals surface area contributed by atoms with E-state index in [9.17, 15) is 0 Å². The standard InChI is InChI=1S/C22H28N6S/c1-13-5-6-15-16(7-13)29-20(26-15)27-18-17(23)19(25-12-24-18)28-11-22(4)9-14(28)8-21(2,3)10-22/h5-7,12,14H,8-11,23H2,1-4H3,(H,24,25,26,27). The smallest absolute Gasteiger partial charge is 0.189 e. The lowest BCUT2D eigenvalue weighted by atomic mass is 9.65. The number of thiazole rings is 1. The predicted molar refractivity (Wildman–Crippen MR) is 121 cm³/mol. The molecule has 2 bridgehead atoms. The number of hydrogen-bond acceptors (Lipinski definition) is 7. The highest BCUT2D eigenvalue weighted by Crippen LogP contribution is 2.54. The number of nitrogens with two attached hydrogens (primary N) is 1. The van der Waals surface area contributed by atoms with Gasteiger partial charge in [0.15, 0.2) is 16.8 Å². The number of rotatable bonds is 3. The lowest BCUT2D eigenvalue weighted by Crippen LogP contribution is -2.35. The van der Waals surface area contributed by atoms with Gasteiger partial charge in [0.05, 0.1) is 10.2 Å². The van der Waals surface area contributed by atoms with Gasteiger partial charge in [0.1, 0.15) is 12.0 Å². The molecule has 6 nitrogen and oxygen atoms in total. The van der Waals surface area contributed by atoms with Crippen molar-refractivity contribution in [3.8, 4) is 0 Å². The van der Waals surface area contributed by atoms with Crippen LogP contribution in [0, 0.1) is 17.8 Å². The van der Waals surface area contributed by atoms with Crippen LogP contribution in [0.1, 0.15) is 45.6 Å². The van der Waals surface area contributed by atoms with Gasteiger partial charge < -0.3 is 16.0 Å². The zero-order valence-corrected chi connectivity index (χ0v) is 18.3. The van der Waals surface area contributed by atoms with Crippen molar-refractivity contribution >= 4 is 44.0 Å². The highest BCUT2D eigenvalue weighted by molar-refractivity contribution is 7.22. The molecule has 0 radical (unpaired) electrons. The summed E-state index contributed by atoms with van der Waals surface area (Å²) in [6.07, 6.45) is 5.24. The maximum Gasteiger partial charge on any atom is 0.189 e. The summed E-state index contributed by atoms with van der Waals surface area (Å²) in [7, 11) is 0. The fraction of sp³-hybridized carbons (Fsp3) is 0.500. The van der Waals surface area contributed by atoms with Crippen molar-refractivity contribution in [3.05, 3.63) is 30.1 Å². The summed E-state index contributed by atoms with van der Waals surface area (Å²) in [5.41, 5.74) is 10.1. The first kappa shape index (κ1) is 18.6. The molecule has 152 valence electrons. The molecule has 29 heavy (non-hydrogen) atoms. The van der Waals surface area contributed by atoms with Gasteiger partial charge in [-0.25, -0.2) is 15.0 Å². The minimum Gasteiger partial charge on any atom is -0.393 e. The molecule has 2 atom stereocenters. The third kappa shape index (κ3) is 3.31. The molecule has 1 saturated carbocycles. The number of fused-ring (bicyclic) bond motifs is 3. The van der Waals surface area contributed by atoms with Gasteiger partial charge in [-0.15, -0.1) is 0 Å². The maximum absolute atomic E-state index is 6.57. The Morgan fingerprint density at radius 2 is 2.03 bits per heavy atom. The number of nitrogens with one attached hydrogen (secondary N) is 1. The summed E-state index contributed by atoms with van der Waals surface area (Å²) in [5.74, 6) is 1.49. The van der Waals surface area contributed by atoms with Gasteiger partial charge in [-0.1, -0.05) is 38.2 Å². The Morgan fingerprint density at radius 1 is 1.21 bits per heavy atom. The number of benzene rings is 1. The van der Waals surface area contributed by atoms with Crippen molar-refractivity contribution in [2.75, 3.05) is 22.5 Å². The lowest BCUT2D eigenvalue weighted by molar-refractivity contribution is 0.136. The molecule has 0 spiro atoms. The summed E-state index contributed by atoms with van der Waals surface area (Å²) >= 11 is 1.62. The molecule has 1 aliphatic heterocycles. The summed E-state index contributed by atoms with van der Waals surface area (Å²) in [6.45, 7) is 10.3. The highest BCUT2D eigenvalue weighted by Gasteiger charge is 2.50. The first-order valence-corrected chi connectivity index (χ1v) is 11.0. The molecular formula is C22H28N6S. The Hall–Kier alpha value is -2.41. The summed E-state index contributed by atoms with van der Waals surface area (Å²) in [4.78, 5) is 16.1. The van der Waals surface area contributed by atoms with E-state index in [0.29, 0.717) is 28.4 Å². The third-order valence-electron chi connectivity index (χ3n) is 6.32. The largest absolute Gasteiger partial charge is 0.393 e. The van der Waals surface area contributed by atoms with Crippen LogP contribution in [0.5, 0.6) is 0 Å². The molecule has 3 N–H and O–H groups in total. The van der Waals surface area contributed by atoms with Gasteiger partial charge in [0, 0.05) is 12.6 Å². The monoisotopic (exact) mass is 408 g/mol. The van der Waals surface area contributed by atoms with E-state index >= 15 is 0 Å². The molecule has 3 aromatic rings. The molecule has 2 unspecified atom stereocenters. The van der Waals surface area contributed by atoms with Crippen LogP contribution in [-0.4, -0.2) is 27.5 Å². The summed E-state index contributed by atoms with van der Waals surface area (Å²) in [5, 5.41) is 4.14. The Bertz CT molecular complexity index is 1090. The molecule has 1 aliphatic carbocycles. The van der Waals surface area contributed by atoms with E-state index in [-0.39, 0.29) is 0 Å². The van der Waals surface area contributed by atoms with E-state index in [1.54, 1.807) is 17.7 Å². The fourth-order valence-corrected chi connectivity index (χ4v) is 6.57. The minimum absolute atomic E-state index is 0.322. The molecule has 1 aromatic carbocycles. The highest BCUT2D eigenvalue weighted by atomic mass is 32.1. The Balaban J connectivity index is 1.46. The number of aromatic nitrogens is 3. The van der Waals surface area contributed by atoms with Crippen molar-refractivity contribution in [3.63, 3.8) is 0 Å². The van der Waals surface area contributed by atoms with Gasteiger partial charge in [-0.2, -0.15) is 0 Å². The van der Waals surface area contributed by atoms with Gasteiger partial charge in [-0.05, 0) is 54.7 Å². The lowest BCUT2D eigenvalue weighted by Gasteiger charge is -2.39. The van der Waals surface area contributed by atoms with E-state index in [1.807, 2.05) is 6.07 Å². The third-order valence-corrected chi connectivity index (χ3v) is 7.25. The topological polar surface area (TPSA) is 80.0 Å². The Morgan fingerprint density at radius 3 is 2.86 bits per heavy atom. The normalized spacial score (nSPS) is 25.5. The Kier molecular flexibility index (Phi) is 4.04. The number of anilines is 4. The number of nitrogen functional groups attached to an aromatic ring is 1.